The van der Waals surface area contributed by atoms with E-state index in [4.69, 9.17) is 21.1 Å². The molecule has 2 nitrogen and oxygen atoms in total. The highest BCUT2D eigenvalue weighted by Gasteiger charge is 2.31. The molecule has 0 N–H and O–H groups in total. The molecule has 0 amide bonds. The van der Waals surface area contributed by atoms with Crippen LogP contribution in [0.5, 0.6) is 5.75 Å². The van der Waals surface area contributed by atoms with E-state index >= 15 is 0 Å². The van der Waals surface area contributed by atoms with Crippen molar-refractivity contribution < 1.29 is 9.47 Å². The molecule has 1 aromatic rings. The highest BCUT2D eigenvalue weighted by Crippen LogP contribution is 2.33. The highest BCUT2D eigenvalue weighted by atomic mass is 79.9. The fourth-order valence-corrected chi connectivity index (χ4v) is 2.94. The van der Waals surface area contributed by atoms with E-state index in [0.29, 0.717) is 12.5 Å². The maximum absolute atomic E-state index is 6.10. The Morgan fingerprint density at radius 3 is 3.00 bits per heavy atom. The SMILES string of the molecule is ClCC1(CCOc2cccc(Br)c2)CCCOC1. The van der Waals surface area contributed by atoms with Crippen molar-refractivity contribution in [1.82, 2.24) is 0 Å². The summed E-state index contributed by atoms with van der Waals surface area (Å²) < 4.78 is 12.4. The second-order valence-corrected chi connectivity index (χ2v) is 6.03. The molecule has 1 aliphatic heterocycles. The number of halogens is 2. The third-order valence-electron chi connectivity index (χ3n) is 3.38. The summed E-state index contributed by atoms with van der Waals surface area (Å²) >= 11 is 9.53. The van der Waals surface area contributed by atoms with E-state index in [9.17, 15) is 0 Å². The van der Waals surface area contributed by atoms with Crippen molar-refractivity contribution in [3.8, 4) is 5.75 Å². The van der Waals surface area contributed by atoms with Crippen LogP contribution in [0, 0.1) is 5.41 Å². The van der Waals surface area contributed by atoms with Gasteiger partial charge in [-0.25, -0.2) is 0 Å². The summed E-state index contributed by atoms with van der Waals surface area (Å²) in [5.41, 5.74) is 0.103. The molecule has 0 saturated carbocycles. The summed E-state index contributed by atoms with van der Waals surface area (Å²) in [6.45, 7) is 2.32. The van der Waals surface area contributed by atoms with Gasteiger partial charge in [-0.3, -0.25) is 0 Å². The maximum Gasteiger partial charge on any atom is 0.120 e. The van der Waals surface area contributed by atoms with E-state index in [2.05, 4.69) is 15.9 Å². The van der Waals surface area contributed by atoms with Crippen molar-refractivity contribution in [2.75, 3.05) is 25.7 Å². The Morgan fingerprint density at radius 1 is 1.44 bits per heavy atom. The molecule has 1 fully saturated rings. The van der Waals surface area contributed by atoms with Gasteiger partial charge < -0.3 is 9.47 Å². The Labute approximate surface area is 122 Å². The van der Waals surface area contributed by atoms with Crippen LogP contribution in [0.15, 0.2) is 28.7 Å². The number of rotatable bonds is 5. The number of ether oxygens (including phenoxy) is 2. The van der Waals surface area contributed by atoms with Crippen LogP contribution in [0.25, 0.3) is 0 Å². The first-order valence-electron chi connectivity index (χ1n) is 6.26. The van der Waals surface area contributed by atoms with E-state index in [1.54, 1.807) is 0 Å². The predicted octanol–water partition coefficient (Wildman–Crippen LogP) is 4.25. The van der Waals surface area contributed by atoms with Gasteiger partial charge >= 0.3 is 0 Å². The van der Waals surface area contributed by atoms with Gasteiger partial charge in [0.2, 0.25) is 0 Å². The lowest BCUT2D eigenvalue weighted by Gasteiger charge is -2.35. The number of hydrogen-bond acceptors (Lipinski definition) is 2. The lowest BCUT2D eigenvalue weighted by Crippen LogP contribution is -2.35. The minimum atomic E-state index is 0.103. The molecular weight excluding hydrogens is 316 g/mol. The molecule has 2 rings (SSSR count). The summed E-state index contributed by atoms with van der Waals surface area (Å²) in [6.07, 6.45) is 3.19. The first kappa shape index (κ1) is 14.2. The van der Waals surface area contributed by atoms with Crippen LogP contribution in [-0.4, -0.2) is 25.7 Å². The average Bonchev–Trinajstić information content (AvgIpc) is 2.40. The fraction of sp³-hybridized carbons (Fsp3) is 0.571. The Morgan fingerprint density at radius 2 is 2.33 bits per heavy atom. The van der Waals surface area contributed by atoms with E-state index in [1.165, 1.54) is 0 Å². The van der Waals surface area contributed by atoms with Crippen molar-refractivity contribution in [3.05, 3.63) is 28.7 Å². The summed E-state index contributed by atoms with van der Waals surface area (Å²) in [7, 11) is 0. The van der Waals surface area contributed by atoms with Gasteiger partial charge in [0.05, 0.1) is 13.2 Å². The van der Waals surface area contributed by atoms with Gasteiger partial charge in [0, 0.05) is 22.4 Å². The first-order chi connectivity index (χ1) is 8.74. The molecule has 0 spiro atoms. The molecule has 0 aliphatic carbocycles. The summed E-state index contributed by atoms with van der Waals surface area (Å²) in [6, 6.07) is 7.91. The maximum atomic E-state index is 6.10. The molecule has 0 bridgehead atoms. The first-order valence-corrected chi connectivity index (χ1v) is 7.59. The fourth-order valence-electron chi connectivity index (χ4n) is 2.22. The zero-order valence-corrected chi connectivity index (χ0v) is 12.7. The Balaban J connectivity index is 1.83. The summed E-state index contributed by atoms with van der Waals surface area (Å²) in [5.74, 6) is 1.54. The zero-order valence-electron chi connectivity index (χ0n) is 10.3. The second-order valence-electron chi connectivity index (χ2n) is 4.85. The monoisotopic (exact) mass is 332 g/mol. The lowest BCUT2D eigenvalue weighted by atomic mass is 9.82. The predicted molar refractivity (Wildman–Crippen MR) is 77.5 cm³/mol. The van der Waals surface area contributed by atoms with Gasteiger partial charge in [0.15, 0.2) is 0 Å². The van der Waals surface area contributed by atoms with Gasteiger partial charge in [0.25, 0.3) is 0 Å². The normalized spacial score (nSPS) is 23.9. The van der Waals surface area contributed by atoms with Crippen LogP contribution >= 0.6 is 27.5 Å². The Hall–Kier alpha value is -0.250. The summed E-state index contributed by atoms with van der Waals surface area (Å²) in [5, 5.41) is 0. The van der Waals surface area contributed by atoms with Crippen LogP contribution in [0.4, 0.5) is 0 Å². The molecule has 18 heavy (non-hydrogen) atoms. The van der Waals surface area contributed by atoms with E-state index in [1.807, 2.05) is 24.3 Å². The van der Waals surface area contributed by atoms with Crippen molar-refractivity contribution in [2.24, 2.45) is 5.41 Å². The Bertz CT molecular complexity index is 378. The molecule has 1 aliphatic rings. The molecule has 1 saturated heterocycles. The smallest absolute Gasteiger partial charge is 0.120 e. The van der Waals surface area contributed by atoms with E-state index in [0.717, 1.165) is 42.7 Å². The van der Waals surface area contributed by atoms with Crippen LogP contribution < -0.4 is 4.74 Å². The second kappa shape index (κ2) is 6.78. The van der Waals surface area contributed by atoms with Crippen molar-refractivity contribution >= 4 is 27.5 Å². The topological polar surface area (TPSA) is 18.5 Å². The van der Waals surface area contributed by atoms with Crippen molar-refractivity contribution in [3.63, 3.8) is 0 Å². The lowest BCUT2D eigenvalue weighted by molar-refractivity contribution is -0.00604. The van der Waals surface area contributed by atoms with Crippen molar-refractivity contribution in [1.29, 1.82) is 0 Å². The average molecular weight is 334 g/mol. The van der Waals surface area contributed by atoms with Crippen LogP contribution in [0.2, 0.25) is 0 Å². The molecule has 0 aromatic heterocycles. The molecule has 1 heterocycles. The minimum Gasteiger partial charge on any atom is -0.494 e. The molecule has 1 atom stereocenters. The number of alkyl halides is 1. The molecule has 100 valence electrons. The van der Waals surface area contributed by atoms with Crippen LogP contribution in [0.3, 0.4) is 0 Å². The van der Waals surface area contributed by atoms with Gasteiger partial charge in [0.1, 0.15) is 5.75 Å². The minimum absolute atomic E-state index is 0.103. The van der Waals surface area contributed by atoms with Gasteiger partial charge in [-0.1, -0.05) is 22.0 Å². The molecule has 1 aromatic carbocycles. The Kier molecular flexibility index (Phi) is 5.34. The van der Waals surface area contributed by atoms with Gasteiger partial charge in [-0.05, 0) is 37.5 Å². The molecule has 1 unspecified atom stereocenters. The van der Waals surface area contributed by atoms with Gasteiger partial charge in [-0.2, -0.15) is 0 Å². The molecule has 0 radical (unpaired) electrons. The van der Waals surface area contributed by atoms with Gasteiger partial charge in [-0.15, -0.1) is 11.6 Å². The number of hydrogen-bond donors (Lipinski definition) is 0. The third kappa shape index (κ3) is 3.87. The number of benzene rings is 1. The third-order valence-corrected chi connectivity index (χ3v) is 4.44. The van der Waals surface area contributed by atoms with Crippen molar-refractivity contribution in [2.45, 2.75) is 19.3 Å². The van der Waals surface area contributed by atoms with E-state index in [-0.39, 0.29) is 5.41 Å². The zero-order chi connectivity index (χ0) is 12.8. The summed E-state index contributed by atoms with van der Waals surface area (Å²) in [4.78, 5) is 0. The quantitative estimate of drug-likeness (QED) is 0.750. The molecular formula is C14H18BrClO2. The highest BCUT2D eigenvalue weighted by molar-refractivity contribution is 9.10. The van der Waals surface area contributed by atoms with E-state index < -0.39 is 0 Å². The molecule has 4 heteroatoms. The van der Waals surface area contributed by atoms with Crippen LogP contribution in [0.1, 0.15) is 19.3 Å². The van der Waals surface area contributed by atoms with Crippen LogP contribution in [-0.2, 0) is 4.74 Å². The largest absolute Gasteiger partial charge is 0.494 e. The standard InChI is InChI=1S/C14H18BrClO2/c15-12-3-1-4-13(9-12)18-8-6-14(10-16)5-2-7-17-11-14/h1,3-4,9H,2,5-8,10-11H2.